The molecule has 0 radical (unpaired) electrons. The number of nitrogens with zero attached hydrogens (tertiary/aromatic N) is 1. The molecule has 0 saturated carbocycles. The van der Waals surface area contributed by atoms with Gasteiger partial charge in [0, 0.05) is 24.5 Å². The van der Waals surface area contributed by atoms with Crippen molar-refractivity contribution in [3.63, 3.8) is 0 Å². The molecule has 0 saturated heterocycles. The first-order valence-electron chi connectivity index (χ1n) is 5.55. The quantitative estimate of drug-likeness (QED) is 0.879. The van der Waals surface area contributed by atoms with Crippen LogP contribution in [0.4, 0.5) is 0 Å². The van der Waals surface area contributed by atoms with Gasteiger partial charge in [-0.3, -0.25) is 9.78 Å². The molecule has 1 unspecified atom stereocenters. The molecular weight excluding hydrogens is 240 g/mol. The lowest BCUT2D eigenvalue weighted by molar-refractivity contribution is 0.0872. The molecule has 17 heavy (non-hydrogen) atoms. The minimum Gasteiger partial charge on any atom is -0.380 e. The van der Waals surface area contributed by atoms with Crippen molar-refractivity contribution in [1.82, 2.24) is 10.3 Å². The largest absolute Gasteiger partial charge is 0.380 e. The molecule has 94 valence electrons. The normalized spacial score (nSPS) is 12.2. The highest BCUT2D eigenvalue weighted by atomic mass is 35.5. The van der Waals surface area contributed by atoms with Crippen molar-refractivity contribution in [2.24, 2.45) is 0 Å². The van der Waals surface area contributed by atoms with E-state index in [2.05, 4.69) is 10.3 Å². The van der Waals surface area contributed by atoms with Gasteiger partial charge in [0.05, 0.1) is 17.2 Å². The Labute approximate surface area is 106 Å². The Morgan fingerprint density at radius 1 is 1.65 bits per heavy atom. The molecule has 1 amide bonds. The van der Waals surface area contributed by atoms with Gasteiger partial charge in [-0.15, -0.1) is 0 Å². The van der Waals surface area contributed by atoms with E-state index in [1.807, 2.05) is 20.8 Å². The molecule has 0 aromatic carbocycles. The second kappa shape index (κ2) is 6.57. The molecule has 0 fully saturated rings. The summed E-state index contributed by atoms with van der Waals surface area (Å²) >= 11 is 5.98. The molecule has 1 heterocycles. The van der Waals surface area contributed by atoms with Gasteiger partial charge in [-0.25, -0.2) is 0 Å². The van der Waals surface area contributed by atoms with Gasteiger partial charge in [-0.2, -0.15) is 0 Å². The molecule has 1 aromatic rings. The third-order valence-corrected chi connectivity index (χ3v) is 2.50. The van der Waals surface area contributed by atoms with Crippen molar-refractivity contribution in [2.45, 2.75) is 26.8 Å². The van der Waals surface area contributed by atoms with Crippen LogP contribution in [0.1, 0.15) is 29.9 Å². The van der Waals surface area contributed by atoms with Crippen molar-refractivity contribution in [1.29, 1.82) is 0 Å². The average molecular weight is 257 g/mol. The molecule has 1 rings (SSSR count). The fourth-order valence-corrected chi connectivity index (χ4v) is 1.62. The lowest BCUT2D eigenvalue weighted by Crippen LogP contribution is -2.36. The van der Waals surface area contributed by atoms with Crippen LogP contribution in [0.2, 0.25) is 5.02 Å². The fraction of sp³-hybridized carbons (Fsp3) is 0.500. The molecule has 1 atom stereocenters. The van der Waals surface area contributed by atoms with Crippen LogP contribution in [-0.2, 0) is 4.74 Å². The summed E-state index contributed by atoms with van der Waals surface area (Å²) in [4.78, 5) is 15.9. The molecule has 1 aromatic heterocycles. The number of halogens is 1. The molecular formula is C12H17ClN2O2. The van der Waals surface area contributed by atoms with Crippen LogP contribution in [0.25, 0.3) is 0 Å². The number of aryl methyl sites for hydroxylation is 1. The summed E-state index contributed by atoms with van der Waals surface area (Å²) in [6.45, 7) is 6.73. The van der Waals surface area contributed by atoms with Crippen LogP contribution in [0.15, 0.2) is 12.3 Å². The Hall–Kier alpha value is -1.13. The third kappa shape index (κ3) is 4.32. The number of rotatable bonds is 5. The van der Waals surface area contributed by atoms with Gasteiger partial charge in [-0.1, -0.05) is 11.6 Å². The van der Waals surface area contributed by atoms with Crippen molar-refractivity contribution >= 4 is 17.5 Å². The predicted molar refractivity (Wildman–Crippen MR) is 67.4 cm³/mol. The molecule has 0 spiro atoms. The van der Waals surface area contributed by atoms with Crippen LogP contribution in [0.3, 0.4) is 0 Å². The van der Waals surface area contributed by atoms with Crippen molar-refractivity contribution in [2.75, 3.05) is 13.2 Å². The topological polar surface area (TPSA) is 51.2 Å². The second-order valence-corrected chi connectivity index (χ2v) is 4.25. The summed E-state index contributed by atoms with van der Waals surface area (Å²) < 4.78 is 5.22. The predicted octanol–water partition coefficient (Wildman–Crippen LogP) is 2.20. The zero-order chi connectivity index (χ0) is 12.8. The molecule has 1 N–H and O–H groups in total. The average Bonchev–Trinajstić information content (AvgIpc) is 2.26. The minimum atomic E-state index is -0.227. The summed E-state index contributed by atoms with van der Waals surface area (Å²) in [5.74, 6) is -0.227. The Morgan fingerprint density at radius 3 is 2.94 bits per heavy atom. The Balaban J connectivity index is 2.63. The number of hydrogen-bond acceptors (Lipinski definition) is 3. The van der Waals surface area contributed by atoms with Crippen molar-refractivity contribution < 1.29 is 9.53 Å². The molecule has 0 aliphatic heterocycles. The number of pyridine rings is 1. The van der Waals surface area contributed by atoms with E-state index in [4.69, 9.17) is 16.3 Å². The van der Waals surface area contributed by atoms with Crippen LogP contribution >= 0.6 is 11.6 Å². The maximum absolute atomic E-state index is 11.9. The number of ether oxygens (including phenoxy) is 1. The maximum Gasteiger partial charge on any atom is 0.254 e. The van der Waals surface area contributed by atoms with Crippen molar-refractivity contribution in [3.05, 3.63) is 28.5 Å². The first-order chi connectivity index (χ1) is 8.04. The van der Waals surface area contributed by atoms with E-state index >= 15 is 0 Å². The smallest absolute Gasteiger partial charge is 0.254 e. The zero-order valence-corrected chi connectivity index (χ0v) is 11.0. The van der Waals surface area contributed by atoms with E-state index in [0.29, 0.717) is 23.8 Å². The number of carbonyl (C=O) groups excluding carboxylic acids is 1. The van der Waals surface area contributed by atoms with Gasteiger partial charge in [0.1, 0.15) is 0 Å². The number of amides is 1. The van der Waals surface area contributed by atoms with Crippen LogP contribution in [0, 0.1) is 6.92 Å². The Kier molecular flexibility index (Phi) is 5.38. The molecule has 5 heteroatoms. The van der Waals surface area contributed by atoms with Gasteiger partial charge < -0.3 is 10.1 Å². The van der Waals surface area contributed by atoms with E-state index in [1.54, 1.807) is 6.07 Å². The lowest BCUT2D eigenvalue weighted by atomic mass is 10.2. The Bertz CT molecular complexity index is 396. The van der Waals surface area contributed by atoms with Crippen LogP contribution in [0.5, 0.6) is 0 Å². The summed E-state index contributed by atoms with van der Waals surface area (Å²) in [5, 5.41) is 3.22. The maximum atomic E-state index is 11.9. The van der Waals surface area contributed by atoms with Gasteiger partial charge in [0.15, 0.2) is 0 Å². The van der Waals surface area contributed by atoms with E-state index in [1.165, 1.54) is 6.20 Å². The SMILES string of the molecule is CCOCC(C)NC(=O)c1cnc(C)cc1Cl. The van der Waals surface area contributed by atoms with Gasteiger partial charge >= 0.3 is 0 Å². The number of hydrogen-bond donors (Lipinski definition) is 1. The lowest BCUT2D eigenvalue weighted by Gasteiger charge is -2.14. The first kappa shape index (κ1) is 13.9. The number of nitrogens with one attached hydrogen (secondary N) is 1. The summed E-state index contributed by atoms with van der Waals surface area (Å²) in [7, 11) is 0. The van der Waals surface area contributed by atoms with Gasteiger partial charge in [-0.05, 0) is 26.8 Å². The Morgan fingerprint density at radius 2 is 2.35 bits per heavy atom. The first-order valence-corrected chi connectivity index (χ1v) is 5.93. The minimum absolute atomic E-state index is 0.0557. The highest BCUT2D eigenvalue weighted by molar-refractivity contribution is 6.33. The summed E-state index contributed by atoms with van der Waals surface area (Å²) in [6, 6.07) is 1.61. The van der Waals surface area contributed by atoms with E-state index in [-0.39, 0.29) is 11.9 Å². The highest BCUT2D eigenvalue weighted by Crippen LogP contribution is 2.15. The standard InChI is InChI=1S/C12H17ClN2O2/c1-4-17-7-9(3)15-12(16)10-6-14-8(2)5-11(10)13/h5-6,9H,4,7H2,1-3H3,(H,15,16). The van der Waals surface area contributed by atoms with E-state index in [9.17, 15) is 4.79 Å². The third-order valence-electron chi connectivity index (χ3n) is 2.18. The zero-order valence-electron chi connectivity index (χ0n) is 10.3. The van der Waals surface area contributed by atoms with E-state index in [0.717, 1.165) is 5.69 Å². The molecule has 4 nitrogen and oxygen atoms in total. The van der Waals surface area contributed by atoms with Gasteiger partial charge in [0.2, 0.25) is 0 Å². The molecule has 0 aliphatic rings. The molecule has 0 bridgehead atoms. The summed E-state index contributed by atoms with van der Waals surface area (Å²) in [6.07, 6.45) is 1.49. The second-order valence-electron chi connectivity index (χ2n) is 3.84. The van der Waals surface area contributed by atoms with E-state index < -0.39 is 0 Å². The van der Waals surface area contributed by atoms with Crippen LogP contribution in [-0.4, -0.2) is 30.1 Å². The highest BCUT2D eigenvalue weighted by Gasteiger charge is 2.13. The summed E-state index contributed by atoms with van der Waals surface area (Å²) in [5.41, 5.74) is 1.18. The number of carbonyl (C=O) groups is 1. The van der Waals surface area contributed by atoms with Gasteiger partial charge in [0.25, 0.3) is 5.91 Å². The van der Waals surface area contributed by atoms with Crippen LogP contribution < -0.4 is 5.32 Å². The fourth-order valence-electron chi connectivity index (χ4n) is 1.33. The monoisotopic (exact) mass is 256 g/mol. The van der Waals surface area contributed by atoms with Crippen molar-refractivity contribution in [3.8, 4) is 0 Å². The molecule has 0 aliphatic carbocycles. The number of aromatic nitrogens is 1.